The topological polar surface area (TPSA) is 40.1 Å². The van der Waals surface area contributed by atoms with Crippen LogP contribution in [0.2, 0.25) is 0 Å². The van der Waals surface area contributed by atoms with Gasteiger partial charge in [-0.1, -0.05) is 0 Å². The summed E-state index contributed by atoms with van der Waals surface area (Å²) < 4.78 is 49.5. The van der Waals surface area contributed by atoms with Crippen molar-refractivity contribution in [2.45, 2.75) is 5.51 Å². The third-order valence-corrected chi connectivity index (χ3v) is 0.567. The first kappa shape index (κ1) is 16.5. The van der Waals surface area contributed by atoms with Gasteiger partial charge in [0.25, 0.3) is 0 Å². The van der Waals surface area contributed by atoms with Gasteiger partial charge in [0.1, 0.15) is 0 Å². The maximum absolute atomic E-state index is 10.6. The number of hydrogen-bond acceptors (Lipinski definition) is 2. The Labute approximate surface area is 74.0 Å². The summed E-state index contributed by atoms with van der Waals surface area (Å²) in [5.74, 6) is 0. The molecule has 9 heavy (non-hydrogen) atoms. The fourth-order valence-electron chi connectivity index (χ4n) is 0. The average molecular weight is 193 g/mol. The van der Waals surface area contributed by atoms with Crippen molar-refractivity contribution in [3.8, 4) is 0 Å². The van der Waals surface area contributed by atoms with Crippen LogP contribution < -0.4 is 12.4 Å². The molecule has 0 aliphatic heterocycles. The van der Waals surface area contributed by atoms with E-state index in [1.54, 1.807) is 0 Å². The Kier molecular flexibility index (Phi) is 10.5. The van der Waals surface area contributed by atoms with Gasteiger partial charge >= 0.3 is 28.6 Å². The van der Waals surface area contributed by atoms with Crippen LogP contribution in [0.1, 0.15) is 0 Å². The van der Waals surface area contributed by atoms with Crippen LogP contribution in [0.3, 0.4) is 0 Å². The Morgan fingerprint density at radius 2 is 1.44 bits per heavy atom. The number of halogens is 4. The molecule has 2 nitrogen and oxygen atoms in total. The van der Waals surface area contributed by atoms with Crippen LogP contribution in [-0.4, -0.2) is 37.3 Å². The van der Waals surface area contributed by atoms with Gasteiger partial charge in [-0.15, -0.1) is 0 Å². The first-order valence-corrected chi connectivity index (χ1v) is 2.18. The molecule has 1 unspecified atom stereocenters. The molecule has 52 valence electrons. The largest absolute Gasteiger partial charge is 2.00 e. The minimum Gasteiger partial charge on any atom is -1.00 e. The molecule has 0 aromatic heterocycles. The van der Waals surface area contributed by atoms with Gasteiger partial charge in [0.2, 0.25) is 0 Å². The van der Waals surface area contributed by atoms with Crippen LogP contribution in [0.25, 0.3) is 0 Å². The Bertz CT molecular complexity index is 94.3. The first-order chi connectivity index (χ1) is 2.94. The summed E-state index contributed by atoms with van der Waals surface area (Å²) in [7, 11) is 0. The van der Waals surface area contributed by atoms with Crippen molar-refractivity contribution in [3.63, 3.8) is 0 Å². The van der Waals surface area contributed by atoms with Crippen molar-refractivity contribution in [1.82, 2.24) is 0 Å². The summed E-state index contributed by atoms with van der Waals surface area (Å²) in [5.41, 5.74) is -5.08. The Morgan fingerprint density at radius 1 is 1.33 bits per heavy atom. The molecule has 0 rings (SSSR count). The van der Waals surface area contributed by atoms with Crippen LogP contribution in [0.15, 0.2) is 0 Å². The van der Waals surface area contributed by atoms with E-state index in [0.717, 1.165) is 0 Å². The Morgan fingerprint density at radius 3 is 1.44 bits per heavy atom. The van der Waals surface area contributed by atoms with Crippen molar-refractivity contribution in [1.29, 1.82) is 0 Å². The van der Waals surface area contributed by atoms with Crippen molar-refractivity contribution >= 4 is 34.1 Å². The molecule has 0 bridgehead atoms. The summed E-state index contributed by atoms with van der Waals surface area (Å²) in [5, 5.41) is 0. The molecule has 0 N–H and O–H groups in total. The summed E-state index contributed by atoms with van der Waals surface area (Å²) in [6.07, 6.45) is 0. The third kappa shape index (κ3) is 8.96. The number of hydrogen-bond donors (Lipinski definition) is 0. The first-order valence-electron chi connectivity index (χ1n) is 1.10. The number of alkyl halides is 3. The van der Waals surface area contributed by atoms with E-state index < -0.39 is 16.6 Å². The van der Waals surface area contributed by atoms with Crippen LogP contribution in [-0.2, 0) is 11.1 Å². The molecule has 0 spiro atoms. The van der Waals surface area contributed by atoms with Gasteiger partial charge < -0.3 is 17.0 Å². The van der Waals surface area contributed by atoms with Crippen molar-refractivity contribution < 1.29 is 34.3 Å². The zero-order chi connectivity index (χ0) is 6.08. The molecule has 0 radical (unpaired) electrons. The number of rotatable bonds is 0. The molecule has 0 heterocycles. The summed E-state index contributed by atoms with van der Waals surface area (Å²) in [4.78, 5) is 0. The third-order valence-electron chi connectivity index (χ3n) is 0.189. The zero-order valence-electron chi connectivity index (χ0n) is 3.94. The van der Waals surface area contributed by atoms with Gasteiger partial charge in [-0.25, -0.2) is 0 Å². The maximum Gasteiger partial charge on any atom is 2.00 e. The summed E-state index contributed by atoms with van der Waals surface area (Å²) in [6.45, 7) is 0. The molecule has 0 saturated heterocycles. The molecule has 0 aromatic carbocycles. The predicted octanol–water partition coefficient (Wildman–Crippen LogP) is -2.99. The van der Waals surface area contributed by atoms with E-state index in [1.807, 2.05) is 0 Å². The molecule has 0 saturated carbocycles. The van der Waals surface area contributed by atoms with Gasteiger partial charge in [0, 0.05) is 0 Å². The monoisotopic (exact) mass is 192 g/mol. The molecule has 0 aliphatic carbocycles. The SMILES string of the molecule is O=S([O-])C(F)(F)F.[Cl-].[Mg+2]. The standard InChI is InChI=1S/CHF3O2S.ClH.Mg/c2-1(3,4)7(5)6;;/h(H,5,6);1H;/q;;+2/p-2. The van der Waals surface area contributed by atoms with E-state index in [0.29, 0.717) is 0 Å². The van der Waals surface area contributed by atoms with Crippen LogP contribution >= 0.6 is 0 Å². The van der Waals surface area contributed by atoms with E-state index in [9.17, 15) is 13.2 Å². The second-order valence-corrected chi connectivity index (χ2v) is 1.61. The van der Waals surface area contributed by atoms with E-state index in [2.05, 4.69) is 0 Å². The Balaban J connectivity index is -0.000000180. The van der Waals surface area contributed by atoms with Crippen LogP contribution in [0.4, 0.5) is 13.2 Å². The maximum atomic E-state index is 10.6. The van der Waals surface area contributed by atoms with Gasteiger partial charge in [0.05, 0.1) is 11.1 Å². The van der Waals surface area contributed by atoms with Gasteiger partial charge in [-0.2, -0.15) is 13.2 Å². The molecule has 0 fully saturated rings. The molecule has 0 aliphatic rings. The van der Waals surface area contributed by atoms with Gasteiger partial charge in [0.15, 0.2) is 0 Å². The van der Waals surface area contributed by atoms with Crippen molar-refractivity contribution in [3.05, 3.63) is 0 Å². The molecule has 0 amide bonds. The average Bonchev–Trinajstić information content (AvgIpc) is 1.31. The molecule has 8 heteroatoms. The quantitative estimate of drug-likeness (QED) is 0.304. The van der Waals surface area contributed by atoms with Crippen LogP contribution in [0.5, 0.6) is 0 Å². The van der Waals surface area contributed by atoms with Crippen molar-refractivity contribution in [2.24, 2.45) is 0 Å². The van der Waals surface area contributed by atoms with E-state index in [4.69, 9.17) is 8.76 Å². The zero-order valence-corrected chi connectivity index (χ0v) is 6.93. The fraction of sp³-hybridized carbons (Fsp3) is 1.00. The summed E-state index contributed by atoms with van der Waals surface area (Å²) >= 11 is -3.93. The minimum absolute atomic E-state index is 0. The molecule has 0 aromatic rings. The molecular weight excluding hydrogens is 193 g/mol. The Hall–Kier alpha value is 0.956. The van der Waals surface area contributed by atoms with E-state index >= 15 is 0 Å². The smallest absolute Gasteiger partial charge is 1.00 e. The van der Waals surface area contributed by atoms with E-state index in [1.165, 1.54) is 0 Å². The summed E-state index contributed by atoms with van der Waals surface area (Å²) in [6, 6.07) is 0. The second-order valence-electron chi connectivity index (χ2n) is 0.680. The predicted molar refractivity (Wildman–Crippen MR) is 20.7 cm³/mol. The van der Waals surface area contributed by atoms with E-state index in [-0.39, 0.29) is 35.5 Å². The molecule has 1 atom stereocenters. The molecular formula is CClF3MgO2S. The van der Waals surface area contributed by atoms with Crippen LogP contribution in [0, 0.1) is 0 Å². The second kappa shape index (κ2) is 5.72. The fourth-order valence-corrected chi connectivity index (χ4v) is 0. The minimum atomic E-state index is -5.08. The van der Waals surface area contributed by atoms with Crippen molar-refractivity contribution in [2.75, 3.05) is 0 Å². The van der Waals surface area contributed by atoms with Gasteiger partial charge in [-0.3, -0.25) is 4.21 Å². The normalized spacial score (nSPS) is 12.9. The van der Waals surface area contributed by atoms with Gasteiger partial charge in [-0.05, 0) is 0 Å².